The molecule has 1 aliphatic carbocycles. The standard InChI is InChI=1S/C15H19FN2S/c16-13-8-4-3-7-12(13)15-9-5-1-2-6-11(15)10-19-14(17)18-15/h3-4,7-8,11H,1-2,5-6,9-10H2,(H2,17,18). The summed E-state index contributed by atoms with van der Waals surface area (Å²) in [6, 6.07) is 7.08. The number of aliphatic imine (C=N–C) groups is 1. The minimum Gasteiger partial charge on any atom is -0.379 e. The van der Waals surface area contributed by atoms with E-state index >= 15 is 0 Å². The van der Waals surface area contributed by atoms with E-state index in [0.717, 1.165) is 30.6 Å². The lowest BCUT2D eigenvalue weighted by Gasteiger charge is -2.40. The Kier molecular flexibility index (Phi) is 3.52. The lowest BCUT2D eigenvalue weighted by molar-refractivity contribution is 0.273. The summed E-state index contributed by atoms with van der Waals surface area (Å²) in [5.41, 5.74) is 6.28. The van der Waals surface area contributed by atoms with E-state index in [4.69, 9.17) is 10.7 Å². The van der Waals surface area contributed by atoms with Gasteiger partial charge in [-0.15, -0.1) is 0 Å². The van der Waals surface area contributed by atoms with Crippen molar-refractivity contribution < 1.29 is 4.39 Å². The van der Waals surface area contributed by atoms with Crippen molar-refractivity contribution in [3.63, 3.8) is 0 Å². The summed E-state index contributed by atoms with van der Waals surface area (Å²) in [7, 11) is 0. The molecule has 2 nitrogen and oxygen atoms in total. The van der Waals surface area contributed by atoms with Crippen molar-refractivity contribution in [1.29, 1.82) is 0 Å². The highest BCUT2D eigenvalue weighted by molar-refractivity contribution is 8.13. The number of hydrogen-bond donors (Lipinski definition) is 1. The second-order valence-electron chi connectivity index (χ2n) is 5.46. The molecule has 1 saturated carbocycles. The predicted molar refractivity (Wildman–Crippen MR) is 78.7 cm³/mol. The fraction of sp³-hybridized carbons (Fsp3) is 0.533. The molecule has 4 heteroatoms. The molecular weight excluding hydrogens is 259 g/mol. The minimum absolute atomic E-state index is 0.141. The van der Waals surface area contributed by atoms with Crippen molar-refractivity contribution in [3.8, 4) is 0 Å². The molecule has 19 heavy (non-hydrogen) atoms. The molecule has 2 atom stereocenters. The maximum Gasteiger partial charge on any atom is 0.154 e. The van der Waals surface area contributed by atoms with Gasteiger partial charge in [0.25, 0.3) is 0 Å². The van der Waals surface area contributed by atoms with Crippen LogP contribution in [0.15, 0.2) is 29.3 Å². The number of nitrogens with zero attached hydrogens (tertiary/aromatic N) is 1. The molecule has 0 amide bonds. The first kappa shape index (κ1) is 13.0. The van der Waals surface area contributed by atoms with Crippen molar-refractivity contribution in [2.75, 3.05) is 5.75 Å². The maximum absolute atomic E-state index is 14.3. The number of rotatable bonds is 1. The minimum atomic E-state index is -0.419. The van der Waals surface area contributed by atoms with Crippen LogP contribution in [0.5, 0.6) is 0 Å². The molecule has 0 spiro atoms. The van der Waals surface area contributed by atoms with Crippen molar-refractivity contribution in [3.05, 3.63) is 35.6 Å². The van der Waals surface area contributed by atoms with Crippen LogP contribution in [0.2, 0.25) is 0 Å². The molecule has 0 saturated heterocycles. The number of thioether (sulfide) groups is 1. The zero-order chi connectivity index (χ0) is 13.3. The number of fused-ring (bicyclic) bond motifs is 1. The average molecular weight is 278 g/mol. The van der Waals surface area contributed by atoms with Crippen LogP contribution in [0, 0.1) is 11.7 Å². The van der Waals surface area contributed by atoms with Crippen molar-refractivity contribution >= 4 is 16.9 Å². The number of hydrogen-bond acceptors (Lipinski definition) is 3. The summed E-state index contributed by atoms with van der Waals surface area (Å²) in [5.74, 6) is 1.23. The van der Waals surface area contributed by atoms with E-state index in [9.17, 15) is 4.39 Å². The highest BCUT2D eigenvalue weighted by Gasteiger charge is 2.44. The quantitative estimate of drug-likeness (QED) is 0.851. The first-order chi connectivity index (χ1) is 9.22. The predicted octanol–water partition coefficient (Wildman–Crippen LogP) is 3.66. The Morgan fingerprint density at radius 2 is 2.11 bits per heavy atom. The SMILES string of the molecule is NC1=NC2(c3ccccc3F)CCCCCC2CS1. The Morgan fingerprint density at radius 3 is 2.95 bits per heavy atom. The van der Waals surface area contributed by atoms with E-state index in [1.807, 2.05) is 12.1 Å². The number of nitrogens with two attached hydrogens (primary N) is 1. The lowest BCUT2D eigenvalue weighted by atomic mass is 9.75. The molecular formula is C15H19FN2S. The second-order valence-corrected chi connectivity index (χ2v) is 6.50. The molecule has 2 unspecified atom stereocenters. The fourth-order valence-electron chi connectivity index (χ4n) is 3.42. The first-order valence-electron chi connectivity index (χ1n) is 6.95. The van der Waals surface area contributed by atoms with E-state index in [1.54, 1.807) is 23.9 Å². The summed E-state index contributed by atoms with van der Waals surface area (Å²) in [6.07, 6.45) is 5.58. The summed E-state index contributed by atoms with van der Waals surface area (Å²) in [6.45, 7) is 0. The third-order valence-corrected chi connectivity index (χ3v) is 5.32. The molecule has 2 N–H and O–H groups in total. The Hall–Kier alpha value is -1.03. The molecule has 1 fully saturated rings. The van der Waals surface area contributed by atoms with Crippen molar-refractivity contribution in [1.82, 2.24) is 0 Å². The molecule has 1 heterocycles. The monoisotopic (exact) mass is 278 g/mol. The Balaban J connectivity index is 2.14. The van der Waals surface area contributed by atoms with Gasteiger partial charge in [-0.05, 0) is 24.8 Å². The highest BCUT2D eigenvalue weighted by atomic mass is 32.2. The van der Waals surface area contributed by atoms with Gasteiger partial charge in [-0.2, -0.15) is 0 Å². The number of benzene rings is 1. The zero-order valence-corrected chi connectivity index (χ0v) is 11.8. The van der Waals surface area contributed by atoms with E-state index in [0.29, 0.717) is 11.1 Å². The van der Waals surface area contributed by atoms with Crippen LogP contribution in [-0.2, 0) is 5.54 Å². The first-order valence-corrected chi connectivity index (χ1v) is 7.94. The van der Waals surface area contributed by atoms with E-state index in [1.165, 1.54) is 12.8 Å². The van der Waals surface area contributed by atoms with Gasteiger partial charge in [0.2, 0.25) is 0 Å². The van der Waals surface area contributed by atoms with Gasteiger partial charge in [0.1, 0.15) is 5.82 Å². The Morgan fingerprint density at radius 1 is 1.26 bits per heavy atom. The van der Waals surface area contributed by atoms with E-state index in [2.05, 4.69) is 0 Å². The van der Waals surface area contributed by atoms with Gasteiger partial charge < -0.3 is 5.73 Å². The van der Waals surface area contributed by atoms with Gasteiger partial charge in [-0.1, -0.05) is 49.2 Å². The number of amidine groups is 1. The van der Waals surface area contributed by atoms with Crippen LogP contribution < -0.4 is 5.73 Å². The molecule has 1 aromatic rings. The topological polar surface area (TPSA) is 38.4 Å². The summed E-state index contributed by atoms with van der Waals surface area (Å²) < 4.78 is 14.3. The second kappa shape index (κ2) is 5.16. The fourth-order valence-corrected chi connectivity index (χ4v) is 4.46. The normalized spacial score (nSPS) is 31.2. The van der Waals surface area contributed by atoms with E-state index in [-0.39, 0.29) is 5.82 Å². The summed E-state index contributed by atoms with van der Waals surface area (Å²) >= 11 is 1.62. The zero-order valence-electron chi connectivity index (χ0n) is 10.9. The highest BCUT2D eigenvalue weighted by Crippen LogP contribution is 2.48. The van der Waals surface area contributed by atoms with Gasteiger partial charge in [0.15, 0.2) is 5.17 Å². The van der Waals surface area contributed by atoms with Gasteiger partial charge in [-0.3, -0.25) is 4.99 Å². The van der Waals surface area contributed by atoms with Crippen molar-refractivity contribution in [2.45, 2.75) is 37.6 Å². The van der Waals surface area contributed by atoms with Gasteiger partial charge in [0, 0.05) is 11.3 Å². The average Bonchev–Trinajstić information content (AvgIpc) is 2.61. The largest absolute Gasteiger partial charge is 0.379 e. The van der Waals surface area contributed by atoms with Crippen LogP contribution in [0.3, 0.4) is 0 Å². The van der Waals surface area contributed by atoms with E-state index < -0.39 is 5.54 Å². The van der Waals surface area contributed by atoms with Crippen LogP contribution in [0.25, 0.3) is 0 Å². The molecule has 0 radical (unpaired) electrons. The smallest absolute Gasteiger partial charge is 0.154 e. The van der Waals surface area contributed by atoms with Crippen LogP contribution in [0.1, 0.15) is 37.7 Å². The van der Waals surface area contributed by atoms with Gasteiger partial charge >= 0.3 is 0 Å². The maximum atomic E-state index is 14.3. The molecule has 1 aliphatic heterocycles. The summed E-state index contributed by atoms with van der Waals surface area (Å²) in [4.78, 5) is 4.74. The molecule has 3 rings (SSSR count). The number of halogens is 1. The van der Waals surface area contributed by atoms with Gasteiger partial charge in [-0.25, -0.2) is 4.39 Å². The molecule has 0 aromatic heterocycles. The lowest BCUT2D eigenvalue weighted by Crippen LogP contribution is -2.40. The van der Waals surface area contributed by atoms with Crippen molar-refractivity contribution in [2.24, 2.45) is 16.6 Å². The van der Waals surface area contributed by atoms with Gasteiger partial charge in [0.05, 0.1) is 5.54 Å². The molecule has 102 valence electrons. The third-order valence-electron chi connectivity index (χ3n) is 4.37. The summed E-state index contributed by atoms with van der Waals surface area (Å²) in [5, 5.41) is 0.612. The molecule has 1 aromatic carbocycles. The van der Waals surface area contributed by atoms with Crippen LogP contribution >= 0.6 is 11.8 Å². The van der Waals surface area contributed by atoms with Crippen LogP contribution in [-0.4, -0.2) is 10.9 Å². The third kappa shape index (κ3) is 2.27. The molecule has 0 bridgehead atoms. The molecule has 2 aliphatic rings. The Bertz CT molecular complexity index is 503. The van der Waals surface area contributed by atoms with Crippen LogP contribution in [0.4, 0.5) is 4.39 Å². The Labute approximate surface area is 117 Å².